The molecular weight excluding hydrogens is 298 g/mol. The highest BCUT2D eigenvalue weighted by atomic mass is 15.2. The van der Waals surface area contributed by atoms with Gasteiger partial charge in [-0.2, -0.15) is 0 Å². The number of hydrogen-bond acceptors (Lipinski definition) is 3. The number of rotatable bonds is 6. The van der Waals surface area contributed by atoms with Gasteiger partial charge in [0.1, 0.15) is 0 Å². The first kappa shape index (κ1) is 18.7. The normalized spacial score (nSPS) is 18.9. The van der Waals surface area contributed by atoms with Crippen molar-refractivity contribution in [1.29, 1.82) is 0 Å². The summed E-state index contributed by atoms with van der Waals surface area (Å²) < 4.78 is 0. The van der Waals surface area contributed by atoms with E-state index < -0.39 is 0 Å². The number of nitrogens with zero attached hydrogens (tertiary/aromatic N) is 3. The molecule has 1 heterocycles. The van der Waals surface area contributed by atoms with Gasteiger partial charge in [-0.05, 0) is 46.0 Å². The summed E-state index contributed by atoms with van der Waals surface area (Å²) in [4.78, 5) is 9.70. The first-order valence-electron chi connectivity index (χ1n) is 9.19. The lowest BCUT2D eigenvalue weighted by molar-refractivity contribution is 0.283. The van der Waals surface area contributed by atoms with Crippen LogP contribution in [0.1, 0.15) is 31.9 Å². The fourth-order valence-electron chi connectivity index (χ4n) is 2.98. The highest BCUT2D eigenvalue weighted by Crippen LogP contribution is 2.10. The molecule has 1 aromatic carbocycles. The van der Waals surface area contributed by atoms with E-state index >= 15 is 0 Å². The lowest BCUT2D eigenvalue weighted by Gasteiger charge is -2.20. The summed E-state index contributed by atoms with van der Waals surface area (Å²) in [5.74, 6) is 0.904. The van der Waals surface area contributed by atoms with Crippen LogP contribution < -0.4 is 10.6 Å². The molecule has 1 fully saturated rings. The van der Waals surface area contributed by atoms with Crippen LogP contribution in [0.25, 0.3) is 0 Å². The smallest absolute Gasteiger partial charge is 0.191 e. The SMILES string of the molecule is CCNC(=NCCN1CCCN(C)CC1)NC(C)c1ccccc1. The third kappa shape index (κ3) is 6.49. The zero-order valence-corrected chi connectivity index (χ0v) is 15.5. The lowest BCUT2D eigenvalue weighted by atomic mass is 10.1. The molecule has 0 radical (unpaired) electrons. The van der Waals surface area contributed by atoms with Gasteiger partial charge in [-0.15, -0.1) is 0 Å². The van der Waals surface area contributed by atoms with Gasteiger partial charge in [0, 0.05) is 26.2 Å². The number of nitrogens with one attached hydrogen (secondary N) is 2. The minimum absolute atomic E-state index is 0.246. The number of aliphatic imine (C=N–C) groups is 1. The Balaban J connectivity index is 1.83. The van der Waals surface area contributed by atoms with Crippen molar-refractivity contribution >= 4 is 5.96 Å². The Morgan fingerprint density at radius 3 is 2.71 bits per heavy atom. The van der Waals surface area contributed by atoms with Crippen LogP contribution in [0.5, 0.6) is 0 Å². The average molecular weight is 332 g/mol. The Kier molecular flexibility index (Phi) is 8.05. The lowest BCUT2D eigenvalue weighted by Crippen LogP contribution is -2.39. The molecule has 1 atom stereocenters. The van der Waals surface area contributed by atoms with Crippen molar-refractivity contribution in [2.45, 2.75) is 26.3 Å². The molecule has 2 rings (SSSR count). The molecule has 1 aromatic rings. The van der Waals surface area contributed by atoms with Crippen LogP contribution >= 0.6 is 0 Å². The molecule has 0 saturated carbocycles. The van der Waals surface area contributed by atoms with Crippen LogP contribution in [-0.2, 0) is 0 Å². The molecular formula is C19H33N5. The van der Waals surface area contributed by atoms with Crippen molar-refractivity contribution in [2.75, 3.05) is 52.9 Å². The summed E-state index contributed by atoms with van der Waals surface area (Å²) in [5.41, 5.74) is 1.28. The van der Waals surface area contributed by atoms with Crippen LogP contribution in [0, 0.1) is 0 Å². The number of hydrogen-bond donors (Lipinski definition) is 2. The highest BCUT2D eigenvalue weighted by Gasteiger charge is 2.11. The maximum atomic E-state index is 4.76. The predicted octanol–water partition coefficient (Wildman–Crippen LogP) is 1.94. The molecule has 0 spiro atoms. The molecule has 5 heteroatoms. The molecule has 0 aromatic heterocycles. The Labute approximate surface area is 147 Å². The van der Waals surface area contributed by atoms with Gasteiger partial charge in [0.25, 0.3) is 0 Å². The van der Waals surface area contributed by atoms with Gasteiger partial charge in [0.05, 0.1) is 12.6 Å². The molecule has 5 nitrogen and oxygen atoms in total. The van der Waals surface area contributed by atoms with Crippen LogP contribution in [0.2, 0.25) is 0 Å². The maximum absolute atomic E-state index is 4.76. The predicted molar refractivity (Wildman–Crippen MR) is 103 cm³/mol. The highest BCUT2D eigenvalue weighted by molar-refractivity contribution is 5.80. The first-order valence-corrected chi connectivity index (χ1v) is 9.19. The van der Waals surface area contributed by atoms with E-state index in [1.165, 1.54) is 25.1 Å². The second-order valence-corrected chi connectivity index (χ2v) is 6.54. The standard InChI is InChI=1S/C19H33N5/c1-4-20-19(22-17(2)18-9-6-5-7-10-18)21-11-14-24-13-8-12-23(3)15-16-24/h5-7,9-10,17H,4,8,11-16H2,1-3H3,(H2,20,21,22). The molecule has 0 aliphatic carbocycles. The Morgan fingerprint density at radius 1 is 1.17 bits per heavy atom. The van der Waals surface area contributed by atoms with E-state index in [1.807, 2.05) is 6.07 Å². The Hall–Kier alpha value is -1.59. The van der Waals surface area contributed by atoms with Crippen LogP contribution in [-0.4, -0.2) is 68.6 Å². The third-order valence-corrected chi connectivity index (χ3v) is 4.50. The topological polar surface area (TPSA) is 42.9 Å². The number of likely N-dealkylation sites (N-methyl/N-ethyl adjacent to an activating group) is 1. The number of guanidine groups is 1. The summed E-state index contributed by atoms with van der Waals surface area (Å²) in [6.07, 6.45) is 1.25. The number of benzene rings is 1. The van der Waals surface area contributed by atoms with Gasteiger partial charge in [0.15, 0.2) is 5.96 Å². The Morgan fingerprint density at radius 2 is 1.96 bits per heavy atom. The van der Waals surface area contributed by atoms with Gasteiger partial charge in [-0.1, -0.05) is 30.3 Å². The van der Waals surface area contributed by atoms with Crippen molar-refractivity contribution in [2.24, 2.45) is 4.99 Å². The van der Waals surface area contributed by atoms with Crippen LogP contribution in [0.4, 0.5) is 0 Å². The maximum Gasteiger partial charge on any atom is 0.191 e. The van der Waals surface area contributed by atoms with Crippen molar-refractivity contribution in [1.82, 2.24) is 20.4 Å². The van der Waals surface area contributed by atoms with Crippen molar-refractivity contribution < 1.29 is 0 Å². The summed E-state index contributed by atoms with van der Waals surface area (Å²) in [7, 11) is 2.21. The zero-order valence-electron chi connectivity index (χ0n) is 15.5. The van der Waals surface area contributed by atoms with E-state index in [2.05, 4.69) is 65.6 Å². The van der Waals surface area contributed by atoms with Crippen molar-refractivity contribution in [3.05, 3.63) is 35.9 Å². The molecule has 24 heavy (non-hydrogen) atoms. The van der Waals surface area contributed by atoms with Crippen LogP contribution in [0.3, 0.4) is 0 Å². The van der Waals surface area contributed by atoms with Crippen molar-refractivity contribution in [3.63, 3.8) is 0 Å². The van der Waals surface area contributed by atoms with E-state index in [-0.39, 0.29) is 6.04 Å². The molecule has 0 bridgehead atoms. The largest absolute Gasteiger partial charge is 0.357 e. The quantitative estimate of drug-likeness (QED) is 0.618. The molecule has 1 saturated heterocycles. The van der Waals surface area contributed by atoms with E-state index in [0.29, 0.717) is 0 Å². The molecule has 1 aliphatic heterocycles. The Bertz CT molecular complexity index is 488. The van der Waals surface area contributed by atoms with Crippen molar-refractivity contribution in [3.8, 4) is 0 Å². The molecule has 1 unspecified atom stereocenters. The summed E-state index contributed by atoms with van der Waals surface area (Å²) in [6, 6.07) is 10.7. The van der Waals surface area contributed by atoms with Gasteiger partial charge in [0.2, 0.25) is 0 Å². The molecule has 2 N–H and O–H groups in total. The molecule has 134 valence electrons. The first-order chi connectivity index (χ1) is 11.7. The summed E-state index contributed by atoms with van der Waals surface area (Å²) >= 11 is 0. The average Bonchev–Trinajstić information content (AvgIpc) is 2.80. The van der Waals surface area contributed by atoms with Gasteiger partial charge in [-0.3, -0.25) is 4.99 Å². The van der Waals surface area contributed by atoms with Gasteiger partial charge < -0.3 is 20.4 Å². The molecule has 0 amide bonds. The minimum Gasteiger partial charge on any atom is -0.357 e. The van der Waals surface area contributed by atoms with Crippen LogP contribution in [0.15, 0.2) is 35.3 Å². The van der Waals surface area contributed by atoms with Gasteiger partial charge >= 0.3 is 0 Å². The summed E-state index contributed by atoms with van der Waals surface area (Å²) in [5, 5.41) is 6.86. The third-order valence-electron chi connectivity index (χ3n) is 4.50. The fraction of sp³-hybridized carbons (Fsp3) is 0.632. The van der Waals surface area contributed by atoms with E-state index in [9.17, 15) is 0 Å². The van der Waals surface area contributed by atoms with E-state index in [0.717, 1.165) is 38.7 Å². The second kappa shape index (κ2) is 10.3. The van der Waals surface area contributed by atoms with E-state index in [1.54, 1.807) is 0 Å². The molecule has 1 aliphatic rings. The minimum atomic E-state index is 0.246. The van der Waals surface area contributed by atoms with Gasteiger partial charge in [-0.25, -0.2) is 0 Å². The fourth-order valence-corrected chi connectivity index (χ4v) is 2.98. The summed E-state index contributed by atoms with van der Waals surface area (Å²) in [6.45, 7) is 11.7. The monoisotopic (exact) mass is 331 g/mol. The second-order valence-electron chi connectivity index (χ2n) is 6.54. The van der Waals surface area contributed by atoms with E-state index in [4.69, 9.17) is 4.99 Å². The zero-order chi connectivity index (χ0) is 17.2.